The van der Waals surface area contributed by atoms with Gasteiger partial charge in [-0.2, -0.15) is 13.2 Å². The molecule has 8 nitrogen and oxygen atoms in total. The Kier molecular flexibility index (Phi) is 6.27. The molecule has 0 aromatic carbocycles. The number of piperazine rings is 1. The fourth-order valence-corrected chi connectivity index (χ4v) is 3.20. The number of halogens is 3. The molecule has 1 N–H and O–H groups in total. The van der Waals surface area contributed by atoms with Crippen LogP contribution in [-0.2, 0) is 11.3 Å². The van der Waals surface area contributed by atoms with E-state index in [-0.39, 0.29) is 18.0 Å². The van der Waals surface area contributed by atoms with Crippen LogP contribution in [0.2, 0.25) is 0 Å². The van der Waals surface area contributed by atoms with Crippen LogP contribution in [0.25, 0.3) is 0 Å². The highest BCUT2D eigenvalue weighted by molar-refractivity contribution is 5.82. The van der Waals surface area contributed by atoms with Gasteiger partial charge in [0.05, 0.1) is 12.6 Å². The van der Waals surface area contributed by atoms with Gasteiger partial charge in [0.2, 0.25) is 5.88 Å². The summed E-state index contributed by atoms with van der Waals surface area (Å²) in [6.07, 6.45) is -3.33. The van der Waals surface area contributed by atoms with Crippen LogP contribution in [0.15, 0.2) is 23.3 Å². The number of amides is 1. The Hall–Kier alpha value is -2.72. The minimum Gasteiger partial charge on any atom is -0.468 e. The molecular formula is C19H26F3N5O3. The molecule has 1 atom stereocenters. The second kappa shape index (κ2) is 8.57. The summed E-state index contributed by atoms with van der Waals surface area (Å²) in [5, 5.41) is 3.21. The lowest BCUT2D eigenvalue weighted by atomic mass is 10.2. The lowest BCUT2D eigenvalue weighted by Gasteiger charge is -2.39. The Morgan fingerprint density at radius 3 is 2.77 bits per heavy atom. The van der Waals surface area contributed by atoms with Gasteiger partial charge >= 0.3 is 12.3 Å². The van der Waals surface area contributed by atoms with E-state index in [1.54, 1.807) is 11.0 Å². The van der Waals surface area contributed by atoms with Crippen LogP contribution in [0.5, 0.6) is 5.88 Å². The number of guanidine groups is 1. The number of pyridine rings is 1. The molecule has 3 heterocycles. The van der Waals surface area contributed by atoms with Gasteiger partial charge in [0.1, 0.15) is 5.60 Å². The molecule has 2 aliphatic rings. The van der Waals surface area contributed by atoms with E-state index in [1.165, 1.54) is 12.3 Å². The summed E-state index contributed by atoms with van der Waals surface area (Å²) in [4.78, 5) is 24.4. The lowest BCUT2D eigenvalue weighted by molar-refractivity contribution is -0.154. The van der Waals surface area contributed by atoms with E-state index in [4.69, 9.17) is 4.74 Å². The van der Waals surface area contributed by atoms with Crippen LogP contribution in [-0.4, -0.2) is 77.4 Å². The van der Waals surface area contributed by atoms with Gasteiger partial charge in [0.25, 0.3) is 0 Å². The maximum absolute atomic E-state index is 12.3. The number of fused-ring (bicyclic) bond motifs is 1. The predicted molar refractivity (Wildman–Crippen MR) is 103 cm³/mol. The SMILES string of the molecule is CC(C)(C)OC(=O)N1CCN2C(NCc3ccnc(OCC(F)(F)F)c3)=NCC2C1. The molecule has 1 aromatic rings. The van der Waals surface area contributed by atoms with Gasteiger partial charge in [-0.05, 0) is 32.4 Å². The number of ether oxygens (including phenoxy) is 2. The molecule has 0 aliphatic carbocycles. The normalized spacial score (nSPS) is 19.3. The number of nitrogens with zero attached hydrogens (tertiary/aromatic N) is 4. The molecule has 0 saturated carbocycles. The molecule has 30 heavy (non-hydrogen) atoms. The quantitative estimate of drug-likeness (QED) is 0.792. The number of carbonyl (C=O) groups is 1. The smallest absolute Gasteiger partial charge is 0.422 e. The van der Waals surface area contributed by atoms with Gasteiger partial charge in [0, 0.05) is 38.4 Å². The van der Waals surface area contributed by atoms with Crippen LogP contribution in [0.3, 0.4) is 0 Å². The molecule has 166 valence electrons. The van der Waals surface area contributed by atoms with Crippen LogP contribution in [0.4, 0.5) is 18.0 Å². The number of alkyl halides is 3. The van der Waals surface area contributed by atoms with Crippen LogP contribution in [0.1, 0.15) is 26.3 Å². The molecule has 1 unspecified atom stereocenters. The molecule has 1 fully saturated rings. The molecule has 11 heteroatoms. The number of aromatic nitrogens is 1. The summed E-state index contributed by atoms with van der Waals surface area (Å²) in [6.45, 7) is 6.70. The molecule has 0 radical (unpaired) electrons. The number of hydrogen-bond acceptors (Lipinski definition) is 7. The zero-order valence-electron chi connectivity index (χ0n) is 17.2. The molecule has 0 bridgehead atoms. The zero-order valence-corrected chi connectivity index (χ0v) is 17.2. The Balaban J connectivity index is 1.50. The van der Waals surface area contributed by atoms with Gasteiger partial charge < -0.3 is 24.6 Å². The van der Waals surface area contributed by atoms with Crippen molar-refractivity contribution < 1.29 is 27.4 Å². The molecule has 3 rings (SSSR count). The summed E-state index contributed by atoms with van der Waals surface area (Å²) in [7, 11) is 0. The second-order valence-corrected chi connectivity index (χ2v) is 8.20. The fraction of sp³-hybridized carbons (Fsp3) is 0.632. The molecule has 1 amide bonds. The first-order valence-corrected chi connectivity index (χ1v) is 9.67. The average molecular weight is 429 g/mol. The highest BCUT2D eigenvalue weighted by Gasteiger charge is 2.36. The first kappa shape index (κ1) is 22.0. The van der Waals surface area contributed by atoms with Gasteiger partial charge in [-0.3, -0.25) is 4.99 Å². The monoisotopic (exact) mass is 429 g/mol. The highest BCUT2D eigenvalue weighted by atomic mass is 19.4. The maximum atomic E-state index is 12.3. The topological polar surface area (TPSA) is 79.3 Å². The predicted octanol–water partition coefficient (Wildman–Crippen LogP) is 2.40. The van der Waals surface area contributed by atoms with Gasteiger partial charge in [-0.1, -0.05) is 0 Å². The third kappa shape index (κ3) is 6.14. The maximum Gasteiger partial charge on any atom is 0.422 e. The third-order valence-corrected chi connectivity index (χ3v) is 4.49. The zero-order chi connectivity index (χ0) is 21.9. The average Bonchev–Trinajstić information content (AvgIpc) is 3.05. The molecule has 0 spiro atoms. The Labute approximate surface area is 173 Å². The minimum absolute atomic E-state index is 0.0666. The van der Waals surface area contributed by atoms with Crippen LogP contribution < -0.4 is 10.1 Å². The summed E-state index contributed by atoms with van der Waals surface area (Å²) in [5.74, 6) is 0.627. The van der Waals surface area contributed by atoms with Crippen molar-refractivity contribution >= 4 is 12.1 Å². The largest absolute Gasteiger partial charge is 0.468 e. The van der Waals surface area contributed by atoms with E-state index < -0.39 is 18.4 Å². The van der Waals surface area contributed by atoms with Gasteiger partial charge in [-0.25, -0.2) is 9.78 Å². The number of carbonyl (C=O) groups excluding carboxylic acids is 1. The van der Waals surface area contributed by atoms with E-state index in [2.05, 4.69) is 24.9 Å². The Bertz CT molecular complexity index is 794. The Morgan fingerprint density at radius 2 is 2.07 bits per heavy atom. The minimum atomic E-state index is -4.41. The van der Waals surface area contributed by atoms with Gasteiger partial charge in [0.15, 0.2) is 12.6 Å². The van der Waals surface area contributed by atoms with E-state index in [1.807, 2.05) is 20.8 Å². The summed E-state index contributed by atoms with van der Waals surface area (Å²) in [5.41, 5.74) is 0.182. The standard InChI is InChI=1S/C19H26F3N5O3/c1-18(2,3)30-17(28)26-6-7-27-14(11-26)10-25-16(27)24-9-13-4-5-23-15(8-13)29-12-19(20,21)22/h4-5,8,14H,6-7,9-12H2,1-3H3,(H,24,25). The van der Waals surface area contributed by atoms with Crippen molar-refractivity contribution in [3.63, 3.8) is 0 Å². The number of hydrogen-bond donors (Lipinski definition) is 1. The number of rotatable bonds is 4. The van der Waals surface area contributed by atoms with Crippen molar-refractivity contribution in [2.75, 3.05) is 32.8 Å². The summed E-state index contributed by atoms with van der Waals surface area (Å²) in [6, 6.07) is 3.23. The highest BCUT2D eigenvalue weighted by Crippen LogP contribution is 2.20. The second-order valence-electron chi connectivity index (χ2n) is 8.20. The van der Waals surface area contributed by atoms with Crippen molar-refractivity contribution in [2.24, 2.45) is 4.99 Å². The van der Waals surface area contributed by atoms with E-state index in [0.717, 1.165) is 5.56 Å². The van der Waals surface area contributed by atoms with Crippen molar-refractivity contribution in [1.82, 2.24) is 20.1 Å². The third-order valence-electron chi connectivity index (χ3n) is 4.49. The first-order valence-electron chi connectivity index (χ1n) is 9.67. The number of aliphatic imine (C=N–C) groups is 1. The lowest BCUT2D eigenvalue weighted by Crippen LogP contribution is -2.57. The summed E-state index contributed by atoms with van der Waals surface area (Å²) < 4.78 is 47.0. The van der Waals surface area contributed by atoms with E-state index in [9.17, 15) is 18.0 Å². The molecular weight excluding hydrogens is 403 g/mol. The van der Waals surface area contributed by atoms with Crippen LogP contribution in [0, 0.1) is 0 Å². The van der Waals surface area contributed by atoms with Crippen LogP contribution >= 0.6 is 0 Å². The van der Waals surface area contributed by atoms with Gasteiger partial charge in [-0.15, -0.1) is 0 Å². The van der Waals surface area contributed by atoms with E-state index >= 15 is 0 Å². The fourth-order valence-electron chi connectivity index (χ4n) is 3.20. The first-order chi connectivity index (χ1) is 14.0. The van der Waals surface area contributed by atoms with E-state index in [0.29, 0.717) is 38.7 Å². The molecule has 2 aliphatic heterocycles. The Morgan fingerprint density at radius 1 is 1.30 bits per heavy atom. The molecule has 1 aromatic heterocycles. The van der Waals surface area contributed by atoms with Crippen molar-refractivity contribution in [2.45, 2.75) is 45.1 Å². The van der Waals surface area contributed by atoms with Crippen molar-refractivity contribution in [1.29, 1.82) is 0 Å². The van der Waals surface area contributed by atoms with Crippen molar-refractivity contribution in [3.8, 4) is 5.88 Å². The molecule has 1 saturated heterocycles. The van der Waals surface area contributed by atoms with Crippen molar-refractivity contribution in [3.05, 3.63) is 23.9 Å². The number of nitrogens with one attached hydrogen (secondary N) is 1. The summed E-state index contributed by atoms with van der Waals surface area (Å²) >= 11 is 0.